The van der Waals surface area contributed by atoms with Crippen LogP contribution in [0.3, 0.4) is 0 Å². The van der Waals surface area contributed by atoms with Crippen LogP contribution < -0.4 is 4.90 Å². The number of aromatic nitrogens is 2. The second kappa shape index (κ2) is 9.34. The van der Waals surface area contributed by atoms with Crippen molar-refractivity contribution in [2.45, 2.75) is 63.6 Å². The number of amides is 1. The highest BCUT2D eigenvalue weighted by atomic mass is 16.5. The van der Waals surface area contributed by atoms with E-state index in [9.17, 15) is 19.8 Å². The van der Waals surface area contributed by atoms with E-state index in [4.69, 9.17) is 9.72 Å². The third-order valence-electron chi connectivity index (χ3n) is 7.57. The van der Waals surface area contributed by atoms with E-state index < -0.39 is 24.1 Å². The normalized spacial score (nSPS) is 23.1. The van der Waals surface area contributed by atoms with E-state index in [1.165, 1.54) is 7.11 Å². The molecule has 1 saturated carbocycles. The predicted molar refractivity (Wildman–Crippen MR) is 132 cm³/mol. The highest BCUT2D eigenvalue weighted by Gasteiger charge is 2.35. The number of anilines is 1. The Kier molecular flexibility index (Phi) is 6.23. The average Bonchev–Trinajstić information content (AvgIpc) is 3.28. The van der Waals surface area contributed by atoms with Gasteiger partial charge < -0.3 is 19.5 Å². The molecule has 8 nitrogen and oxygen atoms in total. The van der Waals surface area contributed by atoms with Crippen LogP contribution in [0.1, 0.15) is 68.1 Å². The molecular weight excluding hydrogens is 446 g/mol. The van der Waals surface area contributed by atoms with Crippen LogP contribution in [-0.4, -0.2) is 45.0 Å². The third kappa shape index (κ3) is 4.05. The number of imidazole rings is 1. The van der Waals surface area contributed by atoms with Gasteiger partial charge in [-0.3, -0.25) is 9.69 Å². The lowest BCUT2D eigenvalue weighted by Gasteiger charge is -2.34. The van der Waals surface area contributed by atoms with Crippen LogP contribution in [0.15, 0.2) is 42.5 Å². The van der Waals surface area contributed by atoms with Gasteiger partial charge in [0, 0.05) is 17.6 Å². The monoisotopic (exact) mass is 477 g/mol. The van der Waals surface area contributed by atoms with Gasteiger partial charge in [0.25, 0.3) is 0 Å². The molecule has 1 aromatic heterocycles. The minimum atomic E-state index is -0.955. The molecule has 3 aromatic rings. The number of benzene rings is 2. The fourth-order valence-corrected chi connectivity index (χ4v) is 5.78. The van der Waals surface area contributed by atoms with Gasteiger partial charge in [-0.05, 0) is 56.7 Å². The standard InChI is InChI=1S/C27H31N3O5/c1-16-11-12-20-21(29(16)27(34)35-2)13-14-22-23(20)28-25(24(31)17-7-4-3-5-8-17)30(22)19-10-6-9-18(15-19)26(32)33/h3-5,7-8,13-14,16,18-19,24,31H,6,9-12,15H2,1-2H3,(H,32,33)/t16-,18-,19?,24+/m1/s1. The van der Waals surface area contributed by atoms with Crippen molar-refractivity contribution in [2.75, 3.05) is 12.0 Å². The van der Waals surface area contributed by atoms with E-state index in [2.05, 4.69) is 4.57 Å². The number of ether oxygens (including phenoxy) is 1. The van der Waals surface area contributed by atoms with Crippen molar-refractivity contribution in [3.63, 3.8) is 0 Å². The number of carboxylic acid groups (broad SMARTS) is 1. The van der Waals surface area contributed by atoms with Crippen molar-refractivity contribution < 1.29 is 24.5 Å². The van der Waals surface area contributed by atoms with Gasteiger partial charge in [-0.25, -0.2) is 9.78 Å². The second-order valence-electron chi connectivity index (χ2n) is 9.67. The maximum absolute atomic E-state index is 12.6. The Morgan fingerprint density at radius 1 is 1.11 bits per heavy atom. The van der Waals surface area contributed by atoms with E-state index in [-0.39, 0.29) is 12.1 Å². The molecule has 2 aliphatic rings. The Morgan fingerprint density at radius 2 is 1.89 bits per heavy atom. The lowest BCUT2D eigenvalue weighted by atomic mass is 9.85. The van der Waals surface area contributed by atoms with Gasteiger partial charge in [0.2, 0.25) is 0 Å². The van der Waals surface area contributed by atoms with Crippen LogP contribution in [-0.2, 0) is 16.0 Å². The predicted octanol–water partition coefficient (Wildman–Crippen LogP) is 4.84. The van der Waals surface area contributed by atoms with Crippen molar-refractivity contribution in [3.05, 3.63) is 59.4 Å². The molecule has 2 heterocycles. The summed E-state index contributed by atoms with van der Waals surface area (Å²) in [5.74, 6) is -0.676. The first-order valence-electron chi connectivity index (χ1n) is 12.3. The fourth-order valence-electron chi connectivity index (χ4n) is 5.78. The first kappa shape index (κ1) is 23.4. The molecule has 2 aromatic carbocycles. The van der Waals surface area contributed by atoms with Crippen LogP contribution in [0.2, 0.25) is 0 Å². The highest BCUT2D eigenvalue weighted by molar-refractivity contribution is 5.95. The Bertz CT molecular complexity index is 1250. The minimum Gasteiger partial charge on any atom is -0.481 e. The number of hydrogen-bond acceptors (Lipinski definition) is 5. The lowest BCUT2D eigenvalue weighted by molar-refractivity contribution is -0.143. The molecule has 1 aliphatic carbocycles. The number of fused-ring (bicyclic) bond motifs is 3. The maximum Gasteiger partial charge on any atom is 0.414 e. The Balaban J connectivity index is 1.69. The summed E-state index contributed by atoms with van der Waals surface area (Å²) in [6, 6.07) is 13.2. The number of carbonyl (C=O) groups excluding carboxylic acids is 1. The number of carboxylic acids is 1. The topological polar surface area (TPSA) is 105 Å². The number of methoxy groups -OCH3 is 1. The smallest absolute Gasteiger partial charge is 0.414 e. The molecule has 0 radical (unpaired) electrons. The van der Waals surface area contributed by atoms with Crippen molar-refractivity contribution >= 4 is 28.8 Å². The highest BCUT2D eigenvalue weighted by Crippen LogP contribution is 2.42. The molecule has 1 amide bonds. The average molecular weight is 478 g/mol. The van der Waals surface area contributed by atoms with Crippen molar-refractivity contribution in [1.29, 1.82) is 0 Å². The van der Waals surface area contributed by atoms with Crippen LogP contribution in [0.4, 0.5) is 10.5 Å². The van der Waals surface area contributed by atoms with Crippen LogP contribution in [0.25, 0.3) is 11.0 Å². The molecule has 35 heavy (non-hydrogen) atoms. The van der Waals surface area contributed by atoms with Crippen LogP contribution in [0.5, 0.6) is 0 Å². The quantitative estimate of drug-likeness (QED) is 0.557. The van der Waals surface area contributed by atoms with E-state index in [1.54, 1.807) is 4.90 Å². The Labute approximate surface area is 204 Å². The van der Waals surface area contributed by atoms with Gasteiger partial charge in [0.05, 0.1) is 29.7 Å². The van der Waals surface area contributed by atoms with Gasteiger partial charge in [-0.15, -0.1) is 0 Å². The van der Waals surface area contributed by atoms with Gasteiger partial charge in [-0.1, -0.05) is 36.8 Å². The summed E-state index contributed by atoms with van der Waals surface area (Å²) < 4.78 is 7.11. The molecule has 1 aliphatic heterocycles. The molecule has 5 rings (SSSR count). The molecule has 0 spiro atoms. The molecule has 0 bridgehead atoms. The first-order chi connectivity index (χ1) is 16.9. The minimum absolute atomic E-state index is 0.00136. The number of nitrogens with zero attached hydrogens (tertiary/aromatic N) is 3. The van der Waals surface area contributed by atoms with Gasteiger partial charge >= 0.3 is 12.1 Å². The van der Waals surface area contributed by atoms with Gasteiger partial charge in [-0.2, -0.15) is 0 Å². The first-order valence-corrected chi connectivity index (χ1v) is 12.3. The van der Waals surface area contributed by atoms with Crippen LogP contribution >= 0.6 is 0 Å². The summed E-state index contributed by atoms with van der Waals surface area (Å²) in [7, 11) is 1.38. The molecule has 2 N–H and O–H groups in total. The summed E-state index contributed by atoms with van der Waals surface area (Å²) in [5, 5.41) is 21.1. The zero-order valence-corrected chi connectivity index (χ0v) is 20.1. The SMILES string of the molecule is COC(=O)N1c2ccc3c(nc([C@@H](O)c4ccccc4)n3C3CCC[C@@H](C(=O)O)C3)c2CC[C@H]1C. The number of aliphatic hydroxyl groups excluding tert-OH is 1. The zero-order chi connectivity index (χ0) is 24.7. The summed E-state index contributed by atoms with van der Waals surface area (Å²) in [5.41, 5.74) is 4.08. The number of aliphatic hydroxyl groups is 1. The van der Waals surface area contributed by atoms with E-state index in [1.807, 2.05) is 49.4 Å². The van der Waals surface area contributed by atoms with Crippen molar-refractivity contribution in [2.24, 2.45) is 5.92 Å². The lowest BCUT2D eigenvalue weighted by Crippen LogP contribution is -2.42. The van der Waals surface area contributed by atoms with E-state index >= 15 is 0 Å². The molecule has 184 valence electrons. The van der Waals surface area contributed by atoms with Gasteiger partial charge in [0.15, 0.2) is 0 Å². The van der Waals surface area contributed by atoms with Crippen molar-refractivity contribution in [1.82, 2.24) is 9.55 Å². The van der Waals surface area contributed by atoms with Crippen molar-refractivity contribution in [3.8, 4) is 0 Å². The molecule has 1 fully saturated rings. The zero-order valence-electron chi connectivity index (χ0n) is 20.1. The summed E-state index contributed by atoms with van der Waals surface area (Å²) in [6.07, 6.45) is 2.96. The molecule has 0 saturated heterocycles. The Morgan fingerprint density at radius 3 is 2.60 bits per heavy atom. The number of aliphatic carboxylic acids is 1. The molecule has 8 heteroatoms. The van der Waals surface area contributed by atoms with Gasteiger partial charge in [0.1, 0.15) is 11.9 Å². The second-order valence-corrected chi connectivity index (χ2v) is 9.67. The summed E-state index contributed by atoms with van der Waals surface area (Å²) >= 11 is 0. The molecular formula is C27H31N3O5. The third-order valence-corrected chi connectivity index (χ3v) is 7.57. The summed E-state index contributed by atoms with van der Waals surface area (Å²) in [6.45, 7) is 2.00. The van der Waals surface area contributed by atoms with Crippen LogP contribution in [0, 0.1) is 5.92 Å². The summed E-state index contributed by atoms with van der Waals surface area (Å²) in [4.78, 5) is 31.0. The fraction of sp³-hybridized carbons (Fsp3) is 0.444. The van der Waals surface area contributed by atoms with E-state index in [0.717, 1.165) is 53.5 Å². The number of aryl methyl sites for hydroxylation is 1. The molecule has 4 atom stereocenters. The number of rotatable bonds is 4. The van der Waals surface area contributed by atoms with E-state index in [0.29, 0.717) is 18.7 Å². The largest absolute Gasteiger partial charge is 0.481 e. The Hall–Kier alpha value is -3.39. The maximum atomic E-state index is 12.6. The molecule has 1 unspecified atom stereocenters. The number of hydrogen-bond donors (Lipinski definition) is 2. The number of carbonyl (C=O) groups is 2.